The van der Waals surface area contributed by atoms with E-state index in [2.05, 4.69) is 21.4 Å². The molecule has 3 aromatic carbocycles. The number of carbonyl (C=O) groups excluding carboxylic acids is 1. The van der Waals surface area contributed by atoms with Crippen molar-refractivity contribution in [3.63, 3.8) is 0 Å². The maximum absolute atomic E-state index is 13.0. The van der Waals surface area contributed by atoms with E-state index in [-0.39, 0.29) is 5.91 Å². The maximum Gasteiger partial charge on any atom is 0.255 e. The van der Waals surface area contributed by atoms with Gasteiger partial charge in [0.15, 0.2) is 0 Å². The predicted octanol–water partition coefficient (Wildman–Crippen LogP) is 6.64. The second-order valence-corrected chi connectivity index (χ2v) is 8.85. The van der Waals surface area contributed by atoms with Crippen LogP contribution in [0, 0.1) is 6.92 Å². The van der Waals surface area contributed by atoms with Crippen LogP contribution in [-0.4, -0.2) is 22.1 Å². The number of fused-ring (bicyclic) bond motifs is 2. The number of benzene rings is 3. The lowest BCUT2D eigenvalue weighted by Crippen LogP contribution is -2.12. The van der Waals surface area contributed by atoms with Gasteiger partial charge in [-0.15, -0.1) is 11.8 Å². The average molecular weight is 466 g/mol. The van der Waals surface area contributed by atoms with Gasteiger partial charge in [0, 0.05) is 44.2 Å². The van der Waals surface area contributed by atoms with Gasteiger partial charge >= 0.3 is 0 Å². The number of aromatic nitrogens is 2. The first kappa shape index (κ1) is 21.9. The van der Waals surface area contributed by atoms with Crippen molar-refractivity contribution in [2.24, 2.45) is 0 Å². The number of anilines is 1. The zero-order valence-corrected chi connectivity index (χ0v) is 19.7. The Hall–Kier alpha value is -3.90. The van der Waals surface area contributed by atoms with Crippen LogP contribution in [0.4, 0.5) is 5.69 Å². The summed E-state index contributed by atoms with van der Waals surface area (Å²) in [6.07, 6.45) is 5.58. The van der Waals surface area contributed by atoms with Crippen LogP contribution in [0.25, 0.3) is 21.7 Å². The molecule has 1 N–H and O–H groups in total. The van der Waals surface area contributed by atoms with E-state index in [4.69, 9.17) is 4.74 Å². The number of aryl methyl sites for hydroxylation is 1. The number of pyridine rings is 2. The third-order valence-corrected chi connectivity index (χ3v) is 6.37. The molecule has 0 bridgehead atoms. The third kappa shape index (κ3) is 4.58. The number of rotatable bonds is 6. The monoisotopic (exact) mass is 465 g/mol. The Kier molecular flexibility index (Phi) is 6.14. The third-order valence-electron chi connectivity index (χ3n) is 5.59. The second kappa shape index (κ2) is 9.53. The second-order valence-electron chi connectivity index (χ2n) is 8.00. The molecule has 2 aromatic heterocycles. The molecule has 5 aromatic rings. The van der Waals surface area contributed by atoms with Gasteiger partial charge in [0.05, 0.1) is 11.7 Å². The molecule has 0 saturated heterocycles. The SMILES string of the molecule is CSc1cc(C)nc2ccc(NC(=O)c3cccc(COc4cncc5ccccc45)c3)cc12. The fraction of sp³-hybridized carbons (Fsp3) is 0.107. The fourth-order valence-electron chi connectivity index (χ4n) is 3.94. The topological polar surface area (TPSA) is 64.1 Å². The van der Waals surface area contributed by atoms with E-state index in [0.29, 0.717) is 12.2 Å². The number of hydrogen-bond acceptors (Lipinski definition) is 5. The van der Waals surface area contributed by atoms with Gasteiger partial charge in [-0.25, -0.2) is 0 Å². The van der Waals surface area contributed by atoms with Gasteiger partial charge in [0.1, 0.15) is 12.4 Å². The number of amides is 1. The zero-order chi connectivity index (χ0) is 23.5. The van der Waals surface area contributed by atoms with Gasteiger partial charge in [0.25, 0.3) is 5.91 Å². The summed E-state index contributed by atoms with van der Waals surface area (Å²) in [6.45, 7) is 2.33. The maximum atomic E-state index is 13.0. The van der Waals surface area contributed by atoms with Crippen molar-refractivity contribution in [3.8, 4) is 5.75 Å². The van der Waals surface area contributed by atoms with E-state index in [1.807, 2.05) is 80.0 Å². The molecule has 5 nitrogen and oxygen atoms in total. The molecule has 6 heteroatoms. The summed E-state index contributed by atoms with van der Waals surface area (Å²) in [5.74, 6) is 0.552. The van der Waals surface area contributed by atoms with Crippen LogP contribution in [0.1, 0.15) is 21.6 Å². The van der Waals surface area contributed by atoms with E-state index < -0.39 is 0 Å². The summed E-state index contributed by atoms with van der Waals surface area (Å²) < 4.78 is 6.04. The van der Waals surface area contributed by atoms with Gasteiger partial charge in [0.2, 0.25) is 0 Å². The Balaban J connectivity index is 1.33. The standard InChI is InChI=1S/C28H23N3O2S/c1-18-12-27(34-2)24-14-22(10-11-25(24)30-18)31-28(32)20-8-5-6-19(13-20)17-33-26-16-29-15-21-7-3-4-9-23(21)26/h3-16H,17H2,1-2H3,(H,31,32). The first-order chi connectivity index (χ1) is 16.6. The number of ether oxygens (including phenoxy) is 1. The number of nitrogens with one attached hydrogen (secondary N) is 1. The lowest BCUT2D eigenvalue weighted by Gasteiger charge is -2.11. The highest BCUT2D eigenvalue weighted by atomic mass is 32.2. The molecular weight excluding hydrogens is 442 g/mol. The summed E-state index contributed by atoms with van der Waals surface area (Å²) in [5.41, 5.74) is 4.12. The van der Waals surface area contributed by atoms with Crippen molar-refractivity contribution in [1.29, 1.82) is 0 Å². The molecular formula is C28H23N3O2S. The van der Waals surface area contributed by atoms with Crippen molar-refractivity contribution in [1.82, 2.24) is 9.97 Å². The molecule has 0 aliphatic heterocycles. The summed E-state index contributed by atoms with van der Waals surface area (Å²) >= 11 is 1.67. The Labute approximate surface area is 202 Å². The highest BCUT2D eigenvalue weighted by Gasteiger charge is 2.10. The van der Waals surface area contributed by atoms with Gasteiger partial charge in [-0.2, -0.15) is 0 Å². The first-order valence-electron chi connectivity index (χ1n) is 10.9. The lowest BCUT2D eigenvalue weighted by atomic mass is 10.1. The molecule has 0 saturated carbocycles. The molecule has 0 radical (unpaired) electrons. The van der Waals surface area contributed by atoms with Gasteiger partial charge in [-0.3, -0.25) is 14.8 Å². The van der Waals surface area contributed by atoms with Crippen molar-refractivity contribution in [3.05, 3.63) is 102 Å². The first-order valence-corrected chi connectivity index (χ1v) is 12.1. The molecule has 2 heterocycles. The normalized spacial score (nSPS) is 11.0. The van der Waals surface area contributed by atoms with E-state index in [1.165, 1.54) is 0 Å². The minimum Gasteiger partial charge on any atom is -0.487 e. The number of carbonyl (C=O) groups is 1. The molecule has 0 fully saturated rings. The Morgan fingerprint density at radius 2 is 1.85 bits per heavy atom. The van der Waals surface area contributed by atoms with Crippen LogP contribution in [0.3, 0.4) is 0 Å². The summed E-state index contributed by atoms with van der Waals surface area (Å²) in [4.78, 5) is 23.0. The summed E-state index contributed by atoms with van der Waals surface area (Å²) in [5, 5.41) is 6.08. The van der Waals surface area contributed by atoms with Crippen LogP contribution in [0.2, 0.25) is 0 Å². The van der Waals surface area contributed by atoms with Crippen LogP contribution in [0.15, 0.2) is 90.1 Å². The molecule has 0 aliphatic carbocycles. The van der Waals surface area contributed by atoms with Crippen LogP contribution >= 0.6 is 11.8 Å². The Morgan fingerprint density at radius 3 is 2.74 bits per heavy atom. The van der Waals surface area contributed by atoms with Gasteiger partial charge < -0.3 is 10.1 Å². The fourth-order valence-corrected chi connectivity index (χ4v) is 4.61. The molecule has 0 atom stereocenters. The molecule has 5 rings (SSSR count). The molecule has 34 heavy (non-hydrogen) atoms. The van der Waals surface area contributed by atoms with Crippen molar-refractivity contribution in [2.45, 2.75) is 18.4 Å². The van der Waals surface area contributed by atoms with Crippen molar-refractivity contribution in [2.75, 3.05) is 11.6 Å². The molecule has 0 spiro atoms. The summed E-state index contributed by atoms with van der Waals surface area (Å²) in [6, 6.07) is 23.3. The van der Waals surface area contributed by atoms with Crippen LogP contribution in [-0.2, 0) is 6.61 Å². The summed E-state index contributed by atoms with van der Waals surface area (Å²) in [7, 11) is 0. The Bertz CT molecular complexity index is 1510. The molecule has 0 unspecified atom stereocenters. The van der Waals surface area contributed by atoms with E-state index in [9.17, 15) is 4.79 Å². The zero-order valence-electron chi connectivity index (χ0n) is 18.9. The van der Waals surface area contributed by atoms with E-state index >= 15 is 0 Å². The number of nitrogens with zero attached hydrogens (tertiary/aromatic N) is 2. The molecule has 1 amide bonds. The highest BCUT2D eigenvalue weighted by molar-refractivity contribution is 7.98. The average Bonchev–Trinajstić information content (AvgIpc) is 2.87. The lowest BCUT2D eigenvalue weighted by molar-refractivity contribution is 0.102. The number of hydrogen-bond donors (Lipinski definition) is 1. The minimum atomic E-state index is -0.168. The van der Waals surface area contributed by atoms with Crippen LogP contribution < -0.4 is 10.1 Å². The quantitative estimate of drug-likeness (QED) is 0.285. The van der Waals surface area contributed by atoms with E-state index in [0.717, 1.165) is 49.3 Å². The predicted molar refractivity (Wildman–Crippen MR) is 139 cm³/mol. The largest absolute Gasteiger partial charge is 0.487 e. The van der Waals surface area contributed by atoms with Gasteiger partial charge in [-0.1, -0.05) is 36.4 Å². The van der Waals surface area contributed by atoms with Crippen molar-refractivity contribution < 1.29 is 9.53 Å². The molecule has 0 aliphatic rings. The van der Waals surface area contributed by atoms with Crippen molar-refractivity contribution >= 4 is 45.0 Å². The highest BCUT2D eigenvalue weighted by Crippen LogP contribution is 2.29. The van der Waals surface area contributed by atoms with Crippen LogP contribution in [0.5, 0.6) is 5.75 Å². The van der Waals surface area contributed by atoms with E-state index in [1.54, 1.807) is 24.0 Å². The molecule has 168 valence electrons. The smallest absolute Gasteiger partial charge is 0.255 e. The van der Waals surface area contributed by atoms with Gasteiger partial charge in [-0.05, 0) is 55.1 Å². The Morgan fingerprint density at radius 1 is 0.971 bits per heavy atom. The number of thioether (sulfide) groups is 1. The minimum absolute atomic E-state index is 0.168.